The van der Waals surface area contributed by atoms with Gasteiger partial charge in [-0.3, -0.25) is 9.59 Å². The van der Waals surface area contributed by atoms with Crippen LogP contribution in [0.2, 0.25) is 0 Å². The van der Waals surface area contributed by atoms with Crippen LogP contribution in [0.1, 0.15) is 33.6 Å². The molecular formula is C28H28N2O4. The smallest absolute Gasteiger partial charge is 0.254 e. The van der Waals surface area contributed by atoms with Crippen molar-refractivity contribution in [1.29, 1.82) is 0 Å². The Morgan fingerprint density at radius 2 is 1.06 bits per heavy atom. The van der Waals surface area contributed by atoms with Crippen LogP contribution in [0.4, 0.5) is 0 Å². The summed E-state index contributed by atoms with van der Waals surface area (Å²) in [6.45, 7) is 2.35. The molecule has 6 heteroatoms. The van der Waals surface area contributed by atoms with Crippen LogP contribution in [0.3, 0.4) is 0 Å². The number of amides is 2. The van der Waals surface area contributed by atoms with Gasteiger partial charge in [-0.1, -0.05) is 42.5 Å². The van der Waals surface area contributed by atoms with Gasteiger partial charge in [0.2, 0.25) is 0 Å². The Bertz CT molecular complexity index is 1050. The monoisotopic (exact) mass is 456 g/mol. The summed E-state index contributed by atoms with van der Waals surface area (Å²) in [5.74, 6) is 1.49. The highest BCUT2D eigenvalue weighted by molar-refractivity contribution is 5.99. The standard InChI is InChI=1S/C28H28N2O4/c31-27(29-16-14-25(19-29)33-23-10-3-1-4-11-23)21-8-7-9-22(18-21)28(32)30-17-15-26(20-30)34-24-12-5-2-6-13-24/h1-13,18,25-26H,14-17,19-20H2/t25-,26-/m0/s1. The van der Waals surface area contributed by atoms with Gasteiger partial charge < -0.3 is 19.3 Å². The molecule has 0 saturated carbocycles. The first-order chi connectivity index (χ1) is 16.7. The maximum absolute atomic E-state index is 13.1. The maximum atomic E-state index is 13.1. The molecule has 2 heterocycles. The summed E-state index contributed by atoms with van der Waals surface area (Å²) in [5.41, 5.74) is 1.06. The topological polar surface area (TPSA) is 59.1 Å². The third kappa shape index (κ3) is 5.06. The number of rotatable bonds is 6. The van der Waals surface area contributed by atoms with E-state index in [1.807, 2.05) is 60.7 Å². The Kier molecular flexibility index (Phi) is 6.47. The third-order valence-electron chi connectivity index (χ3n) is 6.31. The zero-order valence-electron chi connectivity index (χ0n) is 19.0. The lowest BCUT2D eigenvalue weighted by Gasteiger charge is -2.19. The molecule has 174 valence electrons. The van der Waals surface area contributed by atoms with Gasteiger partial charge in [0.25, 0.3) is 11.8 Å². The first kappa shape index (κ1) is 22.0. The molecular weight excluding hydrogens is 428 g/mol. The van der Waals surface area contributed by atoms with Crippen LogP contribution in [-0.2, 0) is 0 Å². The number of para-hydroxylation sites is 2. The highest BCUT2D eigenvalue weighted by Gasteiger charge is 2.30. The molecule has 2 fully saturated rings. The number of ether oxygens (including phenoxy) is 2. The first-order valence-corrected chi connectivity index (χ1v) is 11.8. The van der Waals surface area contributed by atoms with Crippen molar-refractivity contribution in [3.63, 3.8) is 0 Å². The predicted octanol–water partition coefficient (Wildman–Crippen LogP) is 4.27. The van der Waals surface area contributed by atoms with E-state index in [9.17, 15) is 9.59 Å². The van der Waals surface area contributed by atoms with Gasteiger partial charge in [0.15, 0.2) is 0 Å². The van der Waals surface area contributed by atoms with E-state index in [0.29, 0.717) is 37.3 Å². The highest BCUT2D eigenvalue weighted by Crippen LogP contribution is 2.22. The molecule has 2 saturated heterocycles. The maximum Gasteiger partial charge on any atom is 0.254 e. The fraction of sp³-hybridized carbons (Fsp3) is 0.286. The van der Waals surface area contributed by atoms with Crippen LogP contribution in [0.5, 0.6) is 11.5 Å². The van der Waals surface area contributed by atoms with Gasteiger partial charge in [0.1, 0.15) is 23.7 Å². The third-order valence-corrected chi connectivity index (χ3v) is 6.31. The van der Waals surface area contributed by atoms with Crippen LogP contribution in [-0.4, -0.2) is 60.0 Å². The number of carbonyl (C=O) groups is 2. The molecule has 3 aromatic rings. The Hall–Kier alpha value is -3.80. The second kappa shape index (κ2) is 10.00. The van der Waals surface area contributed by atoms with Gasteiger partial charge in [0, 0.05) is 37.1 Å². The Morgan fingerprint density at radius 3 is 1.50 bits per heavy atom. The Morgan fingerprint density at radius 1 is 0.618 bits per heavy atom. The normalized spacial score (nSPS) is 19.8. The van der Waals surface area contributed by atoms with Crippen molar-refractivity contribution in [2.45, 2.75) is 25.0 Å². The van der Waals surface area contributed by atoms with Crippen molar-refractivity contribution in [3.05, 3.63) is 96.1 Å². The van der Waals surface area contributed by atoms with Gasteiger partial charge in [-0.25, -0.2) is 0 Å². The fourth-order valence-electron chi connectivity index (χ4n) is 4.55. The molecule has 0 N–H and O–H groups in total. The highest BCUT2D eigenvalue weighted by atomic mass is 16.5. The van der Waals surface area contributed by atoms with Crippen LogP contribution >= 0.6 is 0 Å². The second-order valence-electron chi connectivity index (χ2n) is 8.77. The second-order valence-corrected chi connectivity index (χ2v) is 8.77. The number of likely N-dealkylation sites (tertiary alicyclic amines) is 2. The van der Waals surface area contributed by atoms with Crippen LogP contribution in [0, 0.1) is 0 Å². The van der Waals surface area contributed by atoms with Crippen LogP contribution in [0.15, 0.2) is 84.9 Å². The summed E-state index contributed by atoms with van der Waals surface area (Å²) in [5, 5.41) is 0. The minimum Gasteiger partial charge on any atom is -0.489 e. The largest absolute Gasteiger partial charge is 0.489 e. The number of benzene rings is 3. The van der Waals surface area contributed by atoms with Gasteiger partial charge in [-0.2, -0.15) is 0 Å². The van der Waals surface area contributed by atoms with Crippen molar-refractivity contribution in [2.24, 2.45) is 0 Å². The summed E-state index contributed by atoms with van der Waals surface area (Å²) in [7, 11) is 0. The minimum absolute atomic E-state index is 0.0256. The van der Waals surface area contributed by atoms with Crippen molar-refractivity contribution in [3.8, 4) is 11.5 Å². The Balaban J connectivity index is 1.19. The Labute approximate surface area is 199 Å². The van der Waals surface area contributed by atoms with E-state index in [1.165, 1.54) is 0 Å². The molecule has 34 heavy (non-hydrogen) atoms. The average Bonchev–Trinajstić information content (AvgIpc) is 3.54. The van der Waals surface area contributed by atoms with E-state index >= 15 is 0 Å². The molecule has 2 atom stereocenters. The lowest BCUT2D eigenvalue weighted by atomic mass is 10.1. The molecule has 5 rings (SSSR count). The molecule has 0 bridgehead atoms. The molecule has 0 unspecified atom stereocenters. The van der Waals surface area contributed by atoms with E-state index in [0.717, 1.165) is 24.3 Å². The summed E-state index contributed by atoms with van der Waals surface area (Å²) >= 11 is 0. The molecule has 2 aliphatic rings. The van der Waals surface area contributed by atoms with Gasteiger partial charge in [-0.05, 0) is 42.5 Å². The van der Waals surface area contributed by atoms with Gasteiger partial charge in [0.05, 0.1) is 13.1 Å². The number of carbonyl (C=O) groups excluding carboxylic acids is 2. The van der Waals surface area contributed by atoms with E-state index in [-0.39, 0.29) is 24.0 Å². The molecule has 3 aromatic carbocycles. The molecule has 2 amide bonds. The van der Waals surface area contributed by atoms with E-state index < -0.39 is 0 Å². The van der Waals surface area contributed by atoms with Crippen molar-refractivity contribution in [2.75, 3.05) is 26.2 Å². The molecule has 0 radical (unpaired) electrons. The first-order valence-electron chi connectivity index (χ1n) is 11.8. The zero-order chi connectivity index (χ0) is 23.3. The number of hydrogen-bond donors (Lipinski definition) is 0. The average molecular weight is 457 g/mol. The lowest BCUT2D eigenvalue weighted by Crippen LogP contribution is -2.32. The molecule has 2 aliphatic heterocycles. The molecule has 0 aromatic heterocycles. The summed E-state index contributed by atoms with van der Waals surface area (Å²) < 4.78 is 12.0. The zero-order valence-corrected chi connectivity index (χ0v) is 19.0. The van der Waals surface area contributed by atoms with Crippen molar-refractivity contribution < 1.29 is 19.1 Å². The lowest BCUT2D eigenvalue weighted by molar-refractivity contribution is 0.0770. The summed E-state index contributed by atoms with van der Waals surface area (Å²) in [4.78, 5) is 29.8. The fourth-order valence-corrected chi connectivity index (χ4v) is 4.55. The number of nitrogens with zero attached hydrogens (tertiary/aromatic N) is 2. The van der Waals surface area contributed by atoms with E-state index in [4.69, 9.17) is 9.47 Å². The molecule has 6 nitrogen and oxygen atoms in total. The van der Waals surface area contributed by atoms with Gasteiger partial charge >= 0.3 is 0 Å². The van der Waals surface area contributed by atoms with E-state index in [1.54, 1.807) is 34.1 Å². The number of hydrogen-bond acceptors (Lipinski definition) is 4. The van der Waals surface area contributed by atoms with Crippen LogP contribution in [0.25, 0.3) is 0 Å². The summed E-state index contributed by atoms with van der Waals surface area (Å²) in [6, 6.07) is 26.4. The van der Waals surface area contributed by atoms with Crippen LogP contribution < -0.4 is 9.47 Å². The predicted molar refractivity (Wildman–Crippen MR) is 129 cm³/mol. The molecule has 0 aliphatic carbocycles. The van der Waals surface area contributed by atoms with Gasteiger partial charge in [-0.15, -0.1) is 0 Å². The van der Waals surface area contributed by atoms with E-state index in [2.05, 4.69) is 0 Å². The summed E-state index contributed by atoms with van der Waals surface area (Å²) in [6.07, 6.45) is 1.52. The van der Waals surface area contributed by atoms with Crippen molar-refractivity contribution in [1.82, 2.24) is 9.80 Å². The minimum atomic E-state index is -0.0690. The van der Waals surface area contributed by atoms with Crippen molar-refractivity contribution >= 4 is 11.8 Å². The molecule has 0 spiro atoms. The SMILES string of the molecule is O=C(c1cccc(C(=O)N2CC[C@H](Oc3ccccc3)C2)c1)N1CC[C@H](Oc2ccccc2)C1. The quantitative estimate of drug-likeness (QED) is 0.556.